The van der Waals surface area contributed by atoms with Gasteiger partial charge >= 0.3 is 0 Å². The van der Waals surface area contributed by atoms with E-state index < -0.39 is 0 Å². The van der Waals surface area contributed by atoms with E-state index in [4.69, 9.17) is 15.1 Å². The number of carbonyl (C=O) groups excluding carboxylic acids is 1. The fraction of sp³-hybridized carbons (Fsp3) is 0.167. The van der Waals surface area contributed by atoms with Gasteiger partial charge < -0.3 is 15.5 Å². The van der Waals surface area contributed by atoms with E-state index in [1.807, 2.05) is 77.5 Å². The highest BCUT2D eigenvalue weighted by Gasteiger charge is 2.41. The Bertz CT molecular complexity index is 1920. The first-order valence-corrected chi connectivity index (χ1v) is 14.8. The highest BCUT2D eigenvalue weighted by molar-refractivity contribution is 6.51. The molecule has 1 atom stereocenters. The van der Waals surface area contributed by atoms with Gasteiger partial charge in [-0.1, -0.05) is 68.4 Å². The Labute approximate surface area is 256 Å². The quantitative estimate of drug-likeness (QED) is 0.221. The summed E-state index contributed by atoms with van der Waals surface area (Å²) in [7, 11) is 0. The fourth-order valence-electron chi connectivity index (χ4n) is 5.90. The summed E-state index contributed by atoms with van der Waals surface area (Å²) in [6, 6.07) is 34.6. The average molecular weight is 580 g/mol. The Hall–Kier alpha value is -5.50. The van der Waals surface area contributed by atoms with Gasteiger partial charge in [0.15, 0.2) is 17.5 Å². The number of aromatic nitrogens is 2. The van der Waals surface area contributed by atoms with Gasteiger partial charge in [-0.25, -0.2) is 14.7 Å². The molecule has 2 aliphatic rings. The Morgan fingerprint density at radius 2 is 1.50 bits per heavy atom. The topological polar surface area (TPSA) is 86.9 Å². The number of benzene rings is 4. The first-order chi connectivity index (χ1) is 21.4. The van der Waals surface area contributed by atoms with Crippen molar-refractivity contribution >= 4 is 46.1 Å². The van der Waals surface area contributed by atoms with Crippen LogP contribution in [0.4, 0.5) is 28.6 Å². The molecule has 2 aliphatic heterocycles. The molecule has 44 heavy (non-hydrogen) atoms. The lowest BCUT2D eigenvalue weighted by Crippen LogP contribution is -2.46. The van der Waals surface area contributed by atoms with Crippen LogP contribution >= 0.6 is 0 Å². The van der Waals surface area contributed by atoms with E-state index in [0.29, 0.717) is 17.6 Å². The zero-order valence-corrected chi connectivity index (χ0v) is 25.1. The molecule has 0 spiro atoms. The maximum atomic E-state index is 11.5. The van der Waals surface area contributed by atoms with E-state index >= 15 is 0 Å². The molecule has 0 fully saturated rings. The summed E-state index contributed by atoms with van der Waals surface area (Å²) in [5, 5.41) is 11.4. The molecular formula is C36H33N7O. The van der Waals surface area contributed by atoms with Crippen molar-refractivity contribution < 1.29 is 4.79 Å². The van der Waals surface area contributed by atoms with Crippen molar-refractivity contribution in [3.05, 3.63) is 126 Å². The van der Waals surface area contributed by atoms with Crippen LogP contribution in [-0.2, 0) is 4.79 Å². The highest BCUT2D eigenvalue weighted by atomic mass is 16.1. The number of hydrogen-bond donors (Lipinski definition) is 2. The SMILES string of the molecule is CC(=O)Nc1ccc(NC2=Nc3ccccc3N3C2=Nc2c(c(C)nn2-c2ccccc2)[C@H]3c2ccc(C(C)C)cc2)cc1. The third-order valence-corrected chi connectivity index (χ3v) is 8.03. The van der Waals surface area contributed by atoms with E-state index in [2.05, 4.69) is 66.6 Å². The number of anilines is 3. The van der Waals surface area contributed by atoms with Crippen LogP contribution in [0.5, 0.6) is 0 Å². The summed E-state index contributed by atoms with van der Waals surface area (Å²) >= 11 is 0. The van der Waals surface area contributed by atoms with Gasteiger partial charge in [-0.3, -0.25) is 4.79 Å². The first-order valence-electron chi connectivity index (χ1n) is 14.8. The molecule has 0 unspecified atom stereocenters. The minimum absolute atomic E-state index is 0.111. The fourth-order valence-corrected chi connectivity index (χ4v) is 5.90. The molecule has 0 bridgehead atoms. The minimum Gasteiger partial charge on any atom is -0.337 e. The van der Waals surface area contributed by atoms with Crippen LogP contribution in [0, 0.1) is 6.92 Å². The number of hydrogen-bond acceptors (Lipinski definition) is 6. The van der Waals surface area contributed by atoms with E-state index in [9.17, 15) is 4.79 Å². The Morgan fingerprint density at radius 3 is 2.20 bits per heavy atom. The lowest BCUT2D eigenvalue weighted by molar-refractivity contribution is -0.114. The van der Waals surface area contributed by atoms with E-state index in [0.717, 1.165) is 51.1 Å². The standard InChI is InChI=1S/C36H33N7O/c1-22(2)25-14-16-26(17-15-25)33-32-23(3)41-43(29-10-6-5-7-11-29)35(32)40-36-34(39-30-12-8-9-13-31(30)42(33)36)38-28-20-18-27(19-21-28)37-24(4)44/h5-22,33H,1-4H3,(H,37,44)(H,38,39)/t33-/m1/s1. The number of amides is 1. The zero-order valence-electron chi connectivity index (χ0n) is 25.1. The largest absolute Gasteiger partial charge is 0.337 e. The number of nitrogens with one attached hydrogen (secondary N) is 2. The molecule has 0 saturated carbocycles. The van der Waals surface area contributed by atoms with E-state index in [1.54, 1.807) is 0 Å². The number of fused-ring (bicyclic) bond motifs is 4. The van der Waals surface area contributed by atoms with Crippen LogP contribution < -0.4 is 15.5 Å². The normalized spacial score (nSPS) is 15.1. The second kappa shape index (κ2) is 11.0. The van der Waals surface area contributed by atoms with Crippen molar-refractivity contribution in [1.82, 2.24) is 9.78 Å². The molecule has 3 heterocycles. The third-order valence-electron chi connectivity index (χ3n) is 8.03. The third kappa shape index (κ3) is 4.84. The maximum Gasteiger partial charge on any atom is 0.221 e. The number of amidine groups is 2. The highest BCUT2D eigenvalue weighted by Crippen LogP contribution is 2.48. The molecule has 1 aromatic heterocycles. The summed E-state index contributed by atoms with van der Waals surface area (Å²) in [6.07, 6.45) is 0. The Morgan fingerprint density at radius 1 is 0.818 bits per heavy atom. The van der Waals surface area contributed by atoms with Crippen LogP contribution in [0.15, 0.2) is 113 Å². The van der Waals surface area contributed by atoms with Crippen LogP contribution in [0.25, 0.3) is 5.69 Å². The van der Waals surface area contributed by atoms with Crippen molar-refractivity contribution in [1.29, 1.82) is 0 Å². The Kier molecular flexibility index (Phi) is 6.81. The number of nitrogens with zero attached hydrogens (tertiary/aromatic N) is 5. The lowest BCUT2D eigenvalue weighted by Gasteiger charge is -2.40. The monoisotopic (exact) mass is 579 g/mol. The van der Waals surface area contributed by atoms with Crippen LogP contribution in [-0.4, -0.2) is 27.4 Å². The summed E-state index contributed by atoms with van der Waals surface area (Å²) in [5.74, 6) is 2.44. The second-order valence-corrected chi connectivity index (χ2v) is 11.4. The summed E-state index contributed by atoms with van der Waals surface area (Å²) < 4.78 is 1.94. The predicted molar refractivity (Wildman–Crippen MR) is 178 cm³/mol. The van der Waals surface area contributed by atoms with Gasteiger partial charge in [0.1, 0.15) is 0 Å². The summed E-state index contributed by atoms with van der Waals surface area (Å²) in [6.45, 7) is 7.99. The van der Waals surface area contributed by atoms with Crippen molar-refractivity contribution in [2.75, 3.05) is 15.5 Å². The molecule has 5 aromatic rings. The van der Waals surface area contributed by atoms with Crippen LogP contribution in [0.1, 0.15) is 55.1 Å². The molecule has 0 saturated heterocycles. The molecule has 7 rings (SSSR count). The van der Waals surface area contributed by atoms with Gasteiger partial charge in [0, 0.05) is 23.9 Å². The van der Waals surface area contributed by atoms with Crippen LogP contribution in [0.2, 0.25) is 0 Å². The summed E-state index contributed by atoms with van der Waals surface area (Å²) in [5.41, 5.74) is 8.76. The van der Waals surface area contributed by atoms with Crippen molar-refractivity contribution in [3.63, 3.8) is 0 Å². The number of carbonyl (C=O) groups is 1. The molecule has 0 aliphatic carbocycles. The van der Waals surface area contributed by atoms with Gasteiger partial charge in [-0.05, 0) is 72.5 Å². The molecular weight excluding hydrogens is 546 g/mol. The molecule has 8 nitrogen and oxygen atoms in total. The number of rotatable bonds is 5. The van der Waals surface area contributed by atoms with Gasteiger partial charge in [0.05, 0.1) is 28.8 Å². The van der Waals surface area contributed by atoms with Crippen molar-refractivity contribution in [3.8, 4) is 5.69 Å². The van der Waals surface area contributed by atoms with Crippen molar-refractivity contribution in [2.24, 2.45) is 9.98 Å². The number of para-hydroxylation sites is 3. The first kappa shape index (κ1) is 27.3. The average Bonchev–Trinajstić information content (AvgIpc) is 3.37. The maximum absolute atomic E-state index is 11.5. The molecule has 8 heteroatoms. The zero-order chi connectivity index (χ0) is 30.4. The Balaban J connectivity index is 1.42. The van der Waals surface area contributed by atoms with Gasteiger partial charge in [0.2, 0.25) is 5.91 Å². The van der Waals surface area contributed by atoms with E-state index in [-0.39, 0.29) is 11.9 Å². The minimum atomic E-state index is -0.188. The van der Waals surface area contributed by atoms with E-state index in [1.165, 1.54) is 12.5 Å². The lowest BCUT2D eigenvalue weighted by atomic mass is 9.91. The molecule has 2 N–H and O–H groups in total. The summed E-state index contributed by atoms with van der Waals surface area (Å²) in [4.78, 5) is 24.2. The predicted octanol–water partition coefficient (Wildman–Crippen LogP) is 8.06. The molecule has 1 amide bonds. The smallest absolute Gasteiger partial charge is 0.221 e. The molecule has 0 radical (unpaired) electrons. The second-order valence-electron chi connectivity index (χ2n) is 11.4. The van der Waals surface area contributed by atoms with Gasteiger partial charge in [-0.2, -0.15) is 5.10 Å². The number of aliphatic imine (C=N–C) groups is 2. The van der Waals surface area contributed by atoms with Gasteiger partial charge in [0.25, 0.3) is 0 Å². The molecule has 218 valence electrons. The van der Waals surface area contributed by atoms with Crippen LogP contribution in [0.3, 0.4) is 0 Å². The molecule has 4 aromatic carbocycles. The van der Waals surface area contributed by atoms with Gasteiger partial charge in [-0.15, -0.1) is 0 Å². The van der Waals surface area contributed by atoms with Crippen molar-refractivity contribution in [2.45, 2.75) is 39.7 Å². The number of aryl methyl sites for hydroxylation is 1.